The second kappa shape index (κ2) is 7.62. The van der Waals surface area contributed by atoms with Gasteiger partial charge in [0.25, 0.3) is 0 Å². The summed E-state index contributed by atoms with van der Waals surface area (Å²) in [6, 6.07) is 19.2. The van der Waals surface area contributed by atoms with Crippen molar-refractivity contribution >= 4 is 11.9 Å². The Kier molecular flexibility index (Phi) is 5.09. The highest BCUT2D eigenvalue weighted by Crippen LogP contribution is 2.13. The zero-order valence-electron chi connectivity index (χ0n) is 14.3. The van der Waals surface area contributed by atoms with Crippen molar-refractivity contribution in [2.75, 3.05) is 0 Å². The van der Waals surface area contributed by atoms with Gasteiger partial charge in [0.2, 0.25) is 5.43 Å². The van der Waals surface area contributed by atoms with Crippen molar-refractivity contribution in [2.24, 2.45) is 12.0 Å². The average molecular weight is 332 g/mol. The van der Waals surface area contributed by atoms with Gasteiger partial charge >= 0.3 is 0 Å². The van der Waals surface area contributed by atoms with Crippen LogP contribution in [0.15, 0.2) is 76.6 Å². The third-order valence-corrected chi connectivity index (χ3v) is 3.86. The van der Waals surface area contributed by atoms with E-state index >= 15 is 0 Å². The van der Waals surface area contributed by atoms with Crippen LogP contribution >= 0.6 is 0 Å². The second-order valence-electron chi connectivity index (χ2n) is 5.91. The van der Waals surface area contributed by atoms with E-state index in [-0.39, 0.29) is 5.43 Å². The molecule has 0 fully saturated rings. The van der Waals surface area contributed by atoms with E-state index in [1.165, 1.54) is 11.6 Å². The molecular formula is C21H20N2O2. The fourth-order valence-corrected chi connectivity index (χ4v) is 2.36. The zero-order valence-corrected chi connectivity index (χ0v) is 14.3. The largest absolute Gasteiger partial charge is 0.483 e. The highest BCUT2D eigenvalue weighted by atomic mass is 16.5. The maximum Gasteiger partial charge on any atom is 0.224 e. The van der Waals surface area contributed by atoms with Crippen molar-refractivity contribution in [3.63, 3.8) is 0 Å². The minimum atomic E-state index is -0.153. The maximum absolute atomic E-state index is 12.3. The van der Waals surface area contributed by atoms with Crippen LogP contribution in [0.3, 0.4) is 0 Å². The number of hydrogen-bond acceptors (Lipinski definition) is 3. The Morgan fingerprint density at radius 3 is 2.52 bits per heavy atom. The van der Waals surface area contributed by atoms with Crippen LogP contribution in [0, 0.1) is 6.92 Å². The normalized spacial score (nSPS) is 11.0. The van der Waals surface area contributed by atoms with Gasteiger partial charge in [0.05, 0.1) is 23.8 Å². The first kappa shape index (κ1) is 16.7. The standard InChI is InChI=1S/C21H20N2O2/c1-16-8-10-18(11-9-16)22-13-19-12-20(24)21(14-23(19)2)25-15-17-6-4-3-5-7-17/h3-14H,15H2,1-2H3. The van der Waals surface area contributed by atoms with Gasteiger partial charge in [-0.15, -0.1) is 0 Å². The van der Waals surface area contributed by atoms with Gasteiger partial charge in [-0.25, -0.2) is 0 Å². The molecule has 0 unspecified atom stereocenters. The molecule has 1 aromatic heterocycles. The van der Waals surface area contributed by atoms with E-state index in [1.54, 1.807) is 12.4 Å². The lowest BCUT2D eigenvalue weighted by atomic mass is 10.2. The number of aliphatic imine (C=N–C) groups is 1. The van der Waals surface area contributed by atoms with Crippen molar-refractivity contribution in [2.45, 2.75) is 13.5 Å². The Balaban J connectivity index is 1.75. The molecule has 0 aliphatic carbocycles. The second-order valence-corrected chi connectivity index (χ2v) is 5.91. The molecule has 0 amide bonds. The lowest BCUT2D eigenvalue weighted by Crippen LogP contribution is -2.13. The molecule has 4 heteroatoms. The lowest BCUT2D eigenvalue weighted by molar-refractivity contribution is 0.300. The molecule has 2 aromatic carbocycles. The summed E-state index contributed by atoms with van der Waals surface area (Å²) in [5, 5.41) is 0. The smallest absolute Gasteiger partial charge is 0.224 e. The van der Waals surface area contributed by atoms with E-state index in [2.05, 4.69) is 4.99 Å². The van der Waals surface area contributed by atoms with Crippen molar-refractivity contribution in [1.82, 2.24) is 4.57 Å². The summed E-state index contributed by atoms with van der Waals surface area (Å²) in [5.41, 5.74) is 3.63. The highest BCUT2D eigenvalue weighted by molar-refractivity contribution is 5.80. The number of pyridine rings is 1. The summed E-state index contributed by atoms with van der Waals surface area (Å²) >= 11 is 0. The van der Waals surface area contributed by atoms with E-state index in [0.29, 0.717) is 12.4 Å². The van der Waals surface area contributed by atoms with Crippen molar-refractivity contribution < 1.29 is 4.74 Å². The van der Waals surface area contributed by atoms with Crippen LogP contribution in [-0.4, -0.2) is 10.8 Å². The quantitative estimate of drug-likeness (QED) is 0.662. The van der Waals surface area contributed by atoms with Crippen LogP contribution in [0.25, 0.3) is 0 Å². The third kappa shape index (κ3) is 4.44. The van der Waals surface area contributed by atoms with E-state index in [9.17, 15) is 4.79 Å². The first-order valence-corrected chi connectivity index (χ1v) is 8.10. The van der Waals surface area contributed by atoms with E-state index in [1.807, 2.05) is 73.1 Å². The Labute approximate surface area is 147 Å². The van der Waals surface area contributed by atoms with Crippen molar-refractivity contribution in [1.29, 1.82) is 0 Å². The zero-order chi connectivity index (χ0) is 17.6. The molecule has 0 spiro atoms. The molecule has 0 atom stereocenters. The summed E-state index contributed by atoms with van der Waals surface area (Å²) in [6.45, 7) is 2.40. The van der Waals surface area contributed by atoms with Crippen LogP contribution in [0.4, 0.5) is 5.69 Å². The Morgan fingerprint density at radius 1 is 1.08 bits per heavy atom. The molecule has 0 bridgehead atoms. The molecule has 3 aromatic rings. The van der Waals surface area contributed by atoms with Gasteiger partial charge in [-0.1, -0.05) is 48.0 Å². The summed E-state index contributed by atoms with van der Waals surface area (Å²) in [5.74, 6) is 0.332. The molecule has 1 heterocycles. The molecule has 4 nitrogen and oxygen atoms in total. The molecule has 0 aliphatic rings. The SMILES string of the molecule is Cc1ccc(N=Cc2cc(=O)c(OCc3ccccc3)cn2C)cc1. The van der Waals surface area contributed by atoms with Gasteiger partial charge < -0.3 is 9.30 Å². The minimum Gasteiger partial charge on any atom is -0.483 e. The van der Waals surface area contributed by atoms with Crippen molar-refractivity contribution in [3.05, 3.63) is 93.9 Å². The number of hydrogen-bond donors (Lipinski definition) is 0. The van der Waals surface area contributed by atoms with Gasteiger partial charge in [0.1, 0.15) is 6.61 Å². The lowest BCUT2D eigenvalue weighted by Gasteiger charge is -2.09. The van der Waals surface area contributed by atoms with Gasteiger partial charge in [-0.05, 0) is 24.6 Å². The van der Waals surface area contributed by atoms with Crippen LogP contribution in [0.1, 0.15) is 16.8 Å². The molecule has 0 saturated heterocycles. The van der Waals surface area contributed by atoms with Gasteiger partial charge in [0, 0.05) is 13.1 Å². The fourth-order valence-electron chi connectivity index (χ4n) is 2.36. The summed E-state index contributed by atoms with van der Waals surface area (Å²) in [6.07, 6.45) is 3.38. The van der Waals surface area contributed by atoms with Crippen LogP contribution in [0.5, 0.6) is 5.75 Å². The Bertz CT molecular complexity index is 926. The van der Waals surface area contributed by atoms with E-state index in [0.717, 1.165) is 16.9 Å². The monoisotopic (exact) mass is 332 g/mol. The molecule has 0 N–H and O–H groups in total. The van der Waals surface area contributed by atoms with Crippen LogP contribution in [-0.2, 0) is 13.7 Å². The molecule has 0 aliphatic heterocycles. The molecule has 3 rings (SSSR count). The number of aryl methyl sites for hydroxylation is 2. The topological polar surface area (TPSA) is 43.6 Å². The number of aromatic nitrogens is 1. The predicted molar refractivity (Wildman–Crippen MR) is 101 cm³/mol. The molecule has 126 valence electrons. The first-order chi connectivity index (χ1) is 12.1. The molecule has 25 heavy (non-hydrogen) atoms. The number of benzene rings is 2. The van der Waals surface area contributed by atoms with Gasteiger partial charge in [0.15, 0.2) is 5.75 Å². The molecule has 0 saturated carbocycles. The third-order valence-electron chi connectivity index (χ3n) is 3.86. The van der Waals surface area contributed by atoms with Crippen LogP contribution < -0.4 is 10.2 Å². The van der Waals surface area contributed by atoms with Crippen molar-refractivity contribution in [3.8, 4) is 5.75 Å². The summed E-state index contributed by atoms with van der Waals surface area (Å²) in [7, 11) is 1.87. The molecular weight excluding hydrogens is 312 g/mol. The summed E-state index contributed by atoms with van der Waals surface area (Å²) in [4.78, 5) is 16.7. The van der Waals surface area contributed by atoms with Gasteiger partial charge in [-0.3, -0.25) is 9.79 Å². The molecule has 0 radical (unpaired) electrons. The average Bonchev–Trinajstić information content (AvgIpc) is 2.63. The number of ether oxygens (including phenoxy) is 1. The van der Waals surface area contributed by atoms with E-state index < -0.39 is 0 Å². The predicted octanol–water partition coefficient (Wildman–Crippen LogP) is 4.02. The first-order valence-electron chi connectivity index (χ1n) is 8.10. The Morgan fingerprint density at radius 2 is 1.80 bits per heavy atom. The Hall–Kier alpha value is -3.14. The number of nitrogens with zero attached hydrogens (tertiary/aromatic N) is 2. The fraction of sp³-hybridized carbons (Fsp3) is 0.143. The minimum absolute atomic E-state index is 0.153. The summed E-state index contributed by atoms with van der Waals surface area (Å²) < 4.78 is 7.49. The van der Waals surface area contributed by atoms with Gasteiger partial charge in [-0.2, -0.15) is 0 Å². The maximum atomic E-state index is 12.3. The van der Waals surface area contributed by atoms with Crippen LogP contribution in [0.2, 0.25) is 0 Å². The van der Waals surface area contributed by atoms with E-state index in [4.69, 9.17) is 4.74 Å². The highest BCUT2D eigenvalue weighted by Gasteiger charge is 2.05. The number of rotatable bonds is 5.